The first-order chi connectivity index (χ1) is 6.46. The van der Waals surface area contributed by atoms with Crippen molar-refractivity contribution in [3.63, 3.8) is 0 Å². The standard InChI is InChI=1S/C11H15NO2/c1-11(2,14)9-6-4-3-5-8(9)10(13)7-12/h3-6,14H,7,12H2,1-2H3. The average molecular weight is 193 g/mol. The zero-order valence-electron chi connectivity index (χ0n) is 8.45. The molecule has 0 heterocycles. The van der Waals surface area contributed by atoms with Crippen molar-refractivity contribution < 1.29 is 9.90 Å². The van der Waals surface area contributed by atoms with Gasteiger partial charge in [0.1, 0.15) is 0 Å². The lowest BCUT2D eigenvalue weighted by atomic mass is 9.91. The second kappa shape index (κ2) is 3.90. The number of aliphatic hydroxyl groups is 1. The van der Waals surface area contributed by atoms with E-state index in [0.29, 0.717) is 11.1 Å². The van der Waals surface area contributed by atoms with Crippen LogP contribution in [0.4, 0.5) is 0 Å². The van der Waals surface area contributed by atoms with Gasteiger partial charge in [-0.1, -0.05) is 24.3 Å². The monoisotopic (exact) mass is 193 g/mol. The van der Waals surface area contributed by atoms with Crippen LogP contribution in [0.1, 0.15) is 29.8 Å². The minimum Gasteiger partial charge on any atom is -0.386 e. The van der Waals surface area contributed by atoms with Crippen LogP contribution in [-0.2, 0) is 5.60 Å². The van der Waals surface area contributed by atoms with Crippen molar-refractivity contribution in [1.29, 1.82) is 0 Å². The molecule has 1 aromatic carbocycles. The molecule has 0 radical (unpaired) electrons. The summed E-state index contributed by atoms with van der Waals surface area (Å²) in [6, 6.07) is 6.98. The molecule has 0 saturated carbocycles. The number of Topliss-reactive ketones (excluding diaryl/α,β-unsaturated/α-hetero) is 1. The predicted molar refractivity (Wildman–Crippen MR) is 55.1 cm³/mol. The largest absolute Gasteiger partial charge is 0.386 e. The van der Waals surface area contributed by atoms with Gasteiger partial charge in [-0.05, 0) is 19.4 Å². The van der Waals surface area contributed by atoms with Crippen LogP contribution in [0.2, 0.25) is 0 Å². The molecule has 1 aromatic rings. The zero-order chi connectivity index (χ0) is 10.8. The maximum Gasteiger partial charge on any atom is 0.176 e. The summed E-state index contributed by atoms with van der Waals surface area (Å²) in [6.07, 6.45) is 0. The molecule has 1 rings (SSSR count). The fourth-order valence-electron chi connectivity index (χ4n) is 1.37. The molecule has 0 aliphatic rings. The number of carbonyl (C=O) groups excluding carboxylic acids is 1. The van der Waals surface area contributed by atoms with Gasteiger partial charge in [-0.3, -0.25) is 4.79 Å². The topological polar surface area (TPSA) is 63.3 Å². The maximum atomic E-state index is 11.4. The van der Waals surface area contributed by atoms with Crippen LogP contribution in [0.5, 0.6) is 0 Å². The normalized spacial score (nSPS) is 11.4. The lowest BCUT2D eigenvalue weighted by molar-refractivity contribution is 0.0755. The van der Waals surface area contributed by atoms with Gasteiger partial charge in [0.25, 0.3) is 0 Å². The lowest BCUT2D eigenvalue weighted by Gasteiger charge is -2.20. The number of nitrogens with two attached hydrogens (primary N) is 1. The van der Waals surface area contributed by atoms with Crippen molar-refractivity contribution in [3.05, 3.63) is 35.4 Å². The van der Waals surface area contributed by atoms with E-state index in [1.54, 1.807) is 38.1 Å². The summed E-state index contributed by atoms with van der Waals surface area (Å²) in [5.74, 6) is -0.150. The molecule has 76 valence electrons. The Morgan fingerprint density at radius 2 is 2.00 bits per heavy atom. The van der Waals surface area contributed by atoms with E-state index in [-0.39, 0.29) is 12.3 Å². The van der Waals surface area contributed by atoms with Gasteiger partial charge in [-0.15, -0.1) is 0 Å². The van der Waals surface area contributed by atoms with Gasteiger partial charge in [0, 0.05) is 5.56 Å². The molecular weight excluding hydrogens is 178 g/mol. The van der Waals surface area contributed by atoms with Gasteiger partial charge < -0.3 is 10.8 Å². The summed E-state index contributed by atoms with van der Waals surface area (Å²) in [6.45, 7) is 3.26. The first-order valence-electron chi connectivity index (χ1n) is 4.52. The van der Waals surface area contributed by atoms with Crippen LogP contribution in [0.15, 0.2) is 24.3 Å². The zero-order valence-corrected chi connectivity index (χ0v) is 8.45. The van der Waals surface area contributed by atoms with E-state index in [0.717, 1.165) is 0 Å². The third kappa shape index (κ3) is 2.19. The van der Waals surface area contributed by atoms with Crippen molar-refractivity contribution in [1.82, 2.24) is 0 Å². The molecule has 3 heteroatoms. The van der Waals surface area contributed by atoms with Gasteiger partial charge in [0.15, 0.2) is 5.78 Å². The van der Waals surface area contributed by atoms with E-state index in [4.69, 9.17) is 5.73 Å². The fourth-order valence-corrected chi connectivity index (χ4v) is 1.37. The van der Waals surface area contributed by atoms with Crippen LogP contribution in [0.3, 0.4) is 0 Å². The molecule has 0 amide bonds. The molecule has 0 unspecified atom stereocenters. The van der Waals surface area contributed by atoms with E-state index in [2.05, 4.69) is 0 Å². The molecule has 0 fully saturated rings. The third-order valence-corrected chi connectivity index (χ3v) is 2.07. The first kappa shape index (κ1) is 10.9. The van der Waals surface area contributed by atoms with Crippen LogP contribution >= 0.6 is 0 Å². The SMILES string of the molecule is CC(C)(O)c1ccccc1C(=O)CN. The molecule has 0 saturated heterocycles. The Morgan fingerprint density at radius 1 is 1.43 bits per heavy atom. The summed E-state index contributed by atoms with van der Waals surface area (Å²) in [5.41, 5.74) is 5.40. The number of benzene rings is 1. The Hall–Kier alpha value is -1.19. The molecule has 0 aliphatic heterocycles. The van der Waals surface area contributed by atoms with Crippen LogP contribution in [0.25, 0.3) is 0 Å². The molecule has 0 aliphatic carbocycles. The Bertz CT molecular complexity index is 339. The van der Waals surface area contributed by atoms with Crippen molar-refractivity contribution in [2.45, 2.75) is 19.4 Å². The van der Waals surface area contributed by atoms with E-state index in [9.17, 15) is 9.90 Å². The van der Waals surface area contributed by atoms with Crippen molar-refractivity contribution >= 4 is 5.78 Å². The average Bonchev–Trinajstić information content (AvgIpc) is 2.15. The van der Waals surface area contributed by atoms with E-state index in [1.165, 1.54) is 0 Å². The summed E-state index contributed by atoms with van der Waals surface area (Å²) >= 11 is 0. The Morgan fingerprint density at radius 3 is 2.50 bits per heavy atom. The van der Waals surface area contributed by atoms with Crippen molar-refractivity contribution in [2.75, 3.05) is 6.54 Å². The van der Waals surface area contributed by atoms with Gasteiger partial charge in [0.05, 0.1) is 12.1 Å². The molecule has 0 aromatic heterocycles. The third-order valence-electron chi connectivity index (χ3n) is 2.07. The minimum atomic E-state index is -1.01. The summed E-state index contributed by atoms with van der Waals surface area (Å²) in [5, 5.41) is 9.82. The quantitative estimate of drug-likeness (QED) is 0.705. The number of ketones is 1. The molecule has 0 spiro atoms. The highest BCUT2D eigenvalue weighted by molar-refractivity contribution is 5.99. The first-order valence-corrected chi connectivity index (χ1v) is 4.52. The van der Waals surface area contributed by atoms with E-state index >= 15 is 0 Å². The Kier molecular flexibility index (Phi) is 3.03. The second-order valence-corrected chi connectivity index (χ2v) is 3.73. The van der Waals surface area contributed by atoms with Crippen LogP contribution in [0, 0.1) is 0 Å². The molecule has 3 nitrogen and oxygen atoms in total. The highest BCUT2D eigenvalue weighted by atomic mass is 16.3. The summed E-state index contributed by atoms with van der Waals surface area (Å²) in [7, 11) is 0. The molecule has 0 atom stereocenters. The van der Waals surface area contributed by atoms with E-state index in [1.807, 2.05) is 0 Å². The van der Waals surface area contributed by atoms with Gasteiger partial charge in [0.2, 0.25) is 0 Å². The second-order valence-electron chi connectivity index (χ2n) is 3.73. The highest BCUT2D eigenvalue weighted by Gasteiger charge is 2.21. The smallest absolute Gasteiger partial charge is 0.176 e. The molecular formula is C11H15NO2. The predicted octanol–water partition coefficient (Wildman–Crippen LogP) is 1.06. The minimum absolute atomic E-state index is 0.0346. The highest BCUT2D eigenvalue weighted by Crippen LogP contribution is 2.23. The van der Waals surface area contributed by atoms with Crippen LogP contribution < -0.4 is 5.73 Å². The number of hydrogen-bond donors (Lipinski definition) is 2. The van der Waals surface area contributed by atoms with E-state index < -0.39 is 5.60 Å². The van der Waals surface area contributed by atoms with Crippen molar-refractivity contribution in [2.24, 2.45) is 5.73 Å². The van der Waals surface area contributed by atoms with Crippen molar-refractivity contribution in [3.8, 4) is 0 Å². The number of hydrogen-bond acceptors (Lipinski definition) is 3. The lowest BCUT2D eigenvalue weighted by Crippen LogP contribution is -2.23. The Balaban J connectivity index is 3.23. The van der Waals surface area contributed by atoms with Gasteiger partial charge in [-0.25, -0.2) is 0 Å². The van der Waals surface area contributed by atoms with Gasteiger partial charge >= 0.3 is 0 Å². The molecule has 14 heavy (non-hydrogen) atoms. The number of rotatable bonds is 3. The molecule has 0 bridgehead atoms. The maximum absolute atomic E-state index is 11.4. The molecule has 3 N–H and O–H groups in total. The van der Waals surface area contributed by atoms with Gasteiger partial charge in [-0.2, -0.15) is 0 Å². The Labute approximate surface area is 83.6 Å². The number of carbonyl (C=O) groups is 1. The summed E-state index contributed by atoms with van der Waals surface area (Å²) in [4.78, 5) is 11.4. The van der Waals surface area contributed by atoms with Crippen LogP contribution in [-0.4, -0.2) is 17.4 Å². The fraction of sp³-hybridized carbons (Fsp3) is 0.364. The summed E-state index contributed by atoms with van der Waals surface area (Å²) < 4.78 is 0.